The van der Waals surface area contributed by atoms with Gasteiger partial charge >= 0.3 is 12.4 Å². The monoisotopic (exact) mass is 523 g/mol. The Morgan fingerprint density at radius 2 is 1.32 bits per heavy atom. The largest absolute Gasteiger partial charge is 0.417 e. The van der Waals surface area contributed by atoms with Crippen molar-refractivity contribution in [2.45, 2.75) is 19.3 Å². The van der Waals surface area contributed by atoms with Gasteiger partial charge in [0.2, 0.25) is 10.0 Å². The van der Waals surface area contributed by atoms with Crippen molar-refractivity contribution in [2.24, 2.45) is 10.6 Å². The fourth-order valence-electron chi connectivity index (χ4n) is 3.61. The predicted molar refractivity (Wildman–Crippen MR) is 112 cm³/mol. The molecule has 0 bridgehead atoms. The average Bonchev–Trinajstić information content (AvgIpc) is 3.10. The molecule has 0 aromatic heterocycles. The topological polar surface area (TPSA) is 94.3 Å². The molecule has 0 radical (unpaired) electrons. The van der Waals surface area contributed by atoms with Crippen LogP contribution in [0.4, 0.5) is 26.3 Å². The van der Waals surface area contributed by atoms with Gasteiger partial charge in [0.15, 0.2) is 11.6 Å². The molecule has 1 heterocycles. The van der Waals surface area contributed by atoms with E-state index in [-0.39, 0.29) is 0 Å². The van der Waals surface area contributed by atoms with Crippen molar-refractivity contribution in [3.8, 4) is 0 Å². The van der Waals surface area contributed by atoms with E-state index in [9.17, 15) is 44.3 Å². The highest BCUT2D eigenvalue weighted by Crippen LogP contribution is 2.51. The van der Waals surface area contributed by atoms with Crippen LogP contribution in [0.25, 0.3) is 0 Å². The number of allylic oxidation sites excluding steroid dienone is 1. The van der Waals surface area contributed by atoms with Crippen LogP contribution >= 0.6 is 11.8 Å². The molecule has 0 aliphatic carbocycles. The van der Waals surface area contributed by atoms with E-state index in [0.717, 1.165) is 43.3 Å². The SMILES string of the molecule is CC1(C(=O)c2ccccc2C(F)(F)F)CSC(S(N)(=O)=O)=C1C(=O)c1ccccc1C(F)(F)F. The summed E-state index contributed by atoms with van der Waals surface area (Å²) in [6.45, 7) is 1.01. The first-order chi connectivity index (χ1) is 15.5. The van der Waals surface area contributed by atoms with Crippen LogP contribution in [0.1, 0.15) is 38.8 Å². The van der Waals surface area contributed by atoms with Gasteiger partial charge in [0.1, 0.15) is 4.24 Å². The number of carbonyl (C=O) groups excluding carboxylic acids is 2. The van der Waals surface area contributed by atoms with Crippen LogP contribution in [0.3, 0.4) is 0 Å². The summed E-state index contributed by atoms with van der Waals surface area (Å²) in [7, 11) is -4.71. The second kappa shape index (κ2) is 8.54. The molecule has 1 unspecified atom stereocenters. The Hall–Kier alpha value is -2.64. The molecular formula is C21H15F6NO4S2. The number of hydrogen-bond donors (Lipinski definition) is 1. The summed E-state index contributed by atoms with van der Waals surface area (Å²) in [6, 6.07) is 7.12. The first-order valence-corrected chi connectivity index (χ1v) is 11.8. The summed E-state index contributed by atoms with van der Waals surface area (Å²) in [6.07, 6.45) is -9.97. The number of primary sulfonamides is 1. The lowest BCUT2D eigenvalue weighted by molar-refractivity contribution is -0.138. The number of Topliss-reactive ketones (excluding diaryl/α,β-unsaturated/α-hetero) is 2. The molecule has 5 nitrogen and oxygen atoms in total. The quantitative estimate of drug-likeness (QED) is 0.438. The van der Waals surface area contributed by atoms with Crippen molar-refractivity contribution in [1.82, 2.24) is 0 Å². The van der Waals surface area contributed by atoms with Gasteiger partial charge in [0.25, 0.3) is 0 Å². The van der Waals surface area contributed by atoms with Crippen molar-refractivity contribution < 1.29 is 44.3 Å². The molecule has 0 spiro atoms. The number of sulfonamides is 1. The summed E-state index contributed by atoms with van der Waals surface area (Å²) >= 11 is 0.400. The molecule has 2 aromatic carbocycles. The summed E-state index contributed by atoms with van der Waals surface area (Å²) in [4.78, 5) is 26.7. The summed E-state index contributed by atoms with van der Waals surface area (Å²) in [5, 5.41) is 5.16. The molecule has 2 N–H and O–H groups in total. The maximum Gasteiger partial charge on any atom is 0.417 e. The van der Waals surface area contributed by atoms with Gasteiger partial charge in [-0.25, -0.2) is 13.6 Å². The highest BCUT2D eigenvalue weighted by Gasteiger charge is 2.52. The number of nitrogens with two attached hydrogens (primary N) is 1. The second-order valence-corrected chi connectivity index (χ2v) is 10.3. The Morgan fingerprint density at radius 3 is 1.79 bits per heavy atom. The molecule has 1 aliphatic heterocycles. The van der Waals surface area contributed by atoms with Crippen LogP contribution < -0.4 is 5.14 Å². The number of carbonyl (C=O) groups is 2. The third kappa shape index (κ3) is 4.64. The first-order valence-electron chi connectivity index (χ1n) is 9.32. The molecule has 3 rings (SSSR count). The normalized spacial score (nSPS) is 19.4. The van der Waals surface area contributed by atoms with Gasteiger partial charge in [-0.1, -0.05) is 36.4 Å². The summed E-state index contributed by atoms with van der Waals surface area (Å²) in [5.74, 6) is -3.28. The Labute approximate surface area is 194 Å². The Morgan fingerprint density at radius 1 is 0.882 bits per heavy atom. The Balaban J connectivity index is 2.28. The molecule has 13 heteroatoms. The van der Waals surface area contributed by atoms with Crippen LogP contribution in [0.5, 0.6) is 0 Å². The zero-order valence-corrected chi connectivity index (χ0v) is 18.8. The highest BCUT2D eigenvalue weighted by molar-refractivity contribution is 8.18. The Bertz CT molecular complexity index is 1320. The lowest BCUT2D eigenvalue weighted by Crippen LogP contribution is -2.36. The zero-order valence-electron chi connectivity index (χ0n) is 17.1. The number of hydrogen-bond acceptors (Lipinski definition) is 5. The van der Waals surface area contributed by atoms with E-state index in [2.05, 4.69) is 0 Å². The molecule has 0 saturated heterocycles. The molecule has 0 saturated carbocycles. The van der Waals surface area contributed by atoms with Crippen molar-refractivity contribution in [1.29, 1.82) is 0 Å². The van der Waals surface area contributed by atoms with Crippen molar-refractivity contribution in [2.75, 3.05) is 5.75 Å². The number of rotatable bonds is 5. The highest BCUT2D eigenvalue weighted by atomic mass is 32.3. The van der Waals surface area contributed by atoms with Crippen LogP contribution in [-0.2, 0) is 22.4 Å². The number of ketones is 2. The lowest BCUT2D eigenvalue weighted by atomic mass is 9.74. The minimum Gasteiger partial charge on any atom is -0.293 e. The lowest BCUT2D eigenvalue weighted by Gasteiger charge is -2.27. The molecule has 0 fully saturated rings. The molecular weight excluding hydrogens is 508 g/mol. The fourth-order valence-corrected chi connectivity index (χ4v) is 6.21. The standard InChI is InChI=1S/C21H15F6NO4S2/c1-19(17(30)12-7-3-5-9-14(12)21(25,26)27)10-33-18(34(28,31)32)15(19)16(29)11-6-2-4-8-13(11)20(22,23)24/h2-9H,10H2,1H3,(H2,28,31,32). The van der Waals surface area contributed by atoms with E-state index in [0.29, 0.717) is 23.9 Å². The van der Waals surface area contributed by atoms with E-state index >= 15 is 0 Å². The Kier molecular flexibility index (Phi) is 6.52. The van der Waals surface area contributed by atoms with Crippen LogP contribution in [0, 0.1) is 5.41 Å². The van der Waals surface area contributed by atoms with E-state index in [1.807, 2.05) is 0 Å². The number of benzene rings is 2. The van der Waals surface area contributed by atoms with Crippen LogP contribution in [0.15, 0.2) is 58.3 Å². The van der Waals surface area contributed by atoms with Crippen LogP contribution in [0.2, 0.25) is 0 Å². The molecule has 1 aliphatic rings. The molecule has 0 amide bonds. The second-order valence-electron chi connectivity index (χ2n) is 7.57. The van der Waals surface area contributed by atoms with Gasteiger partial charge in [-0.3, -0.25) is 9.59 Å². The van der Waals surface area contributed by atoms with Crippen LogP contribution in [-0.4, -0.2) is 25.7 Å². The molecule has 2 aromatic rings. The van der Waals surface area contributed by atoms with Gasteiger partial charge in [-0.2, -0.15) is 26.3 Å². The average molecular weight is 523 g/mol. The van der Waals surface area contributed by atoms with Gasteiger partial charge < -0.3 is 0 Å². The minimum absolute atomic E-state index is 0.400. The van der Waals surface area contributed by atoms with Crippen molar-refractivity contribution in [3.63, 3.8) is 0 Å². The number of thioether (sulfide) groups is 1. The summed E-state index contributed by atoms with van der Waals surface area (Å²) < 4.78 is 105. The van der Waals surface area contributed by atoms with Gasteiger partial charge in [0, 0.05) is 22.5 Å². The fraction of sp³-hybridized carbons (Fsp3) is 0.238. The summed E-state index contributed by atoms with van der Waals surface area (Å²) in [5.41, 5.74) is -7.68. The maximum atomic E-state index is 13.5. The van der Waals surface area contributed by atoms with E-state index in [1.54, 1.807) is 0 Å². The van der Waals surface area contributed by atoms with Crippen molar-refractivity contribution >= 4 is 33.4 Å². The molecule has 34 heavy (non-hydrogen) atoms. The molecule has 182 valence electrons. The zero-order chi connectivity index (χ0) is 25.7. The maximum absolute atomic E-state index is 13.5. The van der Waals surface area contributed by atoms with E-state index in [4.69, 9.17) is 5.14 Å². The third-order valence-corrected chi connectivity index (χ3v) is 8.15. The predicted octanol–water partition coefficient (Wildman–Crippen LogP) is 5.04. The number of halogens is 6. The minimum atomic E-state index is -5.01. The van der Waals surface area contributed by atoms with E-state index in [1.165, 1.54) is 0 Å². The van der Waals surface area contributed by atoms with Crippen molar-refractivity contribution in [3.05, 3.63) is 80.6 Å². The van der Waals surface area contributed by atoms with E-state index < -0.39 is 77.2 Å². The molecule has 1 atom stereocenters. The van der Waals surface area contributed by atoms with Gasteiger partial charge in [-0.05, 0) is 19.1 Å². The smallest absolute Gasteiger partial charge is 0.293 e. The first kappa shape index (κ1) is 26.0. The van der Waals surface area contributed by atoms with Gasteiger partial charge in [0.05, 0.1) is 16.5 Å². The number of alkyl halides is 6. The van der Waals surface area contributed by atoms with Gasteiger partial charge in [-0.15, -0.1) is 11.8 Å². The third-order valence-electron chi connectivity index (χ3n) is 5.19.